The zero-order valence-corrected chi connectivity index (χ0v) is 14.3. The van der Waals surface area contributed by atoms with Crippen LogP contribution in [-0.2, 0) is 0 Å². The third-order valence-corrected chi connectivity index (χ3v) is 4.74. The van der Waals surface area contributed by atoms with Crippen molar-refractivity contribution in [2.75, 3.05) is 23.3 Å². The van der Waals surface area contributed by atoms with Gasteiger partial charge in [0.2, 0.25) is 5.95 Å². The quantitative estimate of drug-likeness (QED) is 0.892. The lowest BCUT2D eigenvalue weighted by Gasteiger charge is -2.19. The Morgan fingerprint density at radius 2 is 1.91 bits per heavy atom. The second-order valence-electron chi connectivity index (χ2n) is 5.63. The predicted molar refractivity (Wildman–Crippen MR) is 92.7 cm³/mol. The van der Waals surface area contributed by atoms with E-state index < -0.39 is 0 Å². The predicted octanol–water partition coefficient (Wildman–Crippen LogP) is 4.07. The van der Waals surface area contributed by atoms with E-state index in [1.165, 1.54) is 31.2 Å². The van der Waals surface area contributed by atoms with Crippen LogP contribution in [0.1, 0.15) is 31.2 Å². The van der Waals surface area contributed by atoms with Crippen LogP contribution in [0.4, 0.5) is 17.5 Å². The van der Waals surface area contributed by atoms with Gasteiger partial charge in [-0.05, 0) is 37.5 Å². The first-order valence-corrected chi connectivity index (χ1v) is 8.49. The average molecular weight is 362 g/mol. The van der Waals surface area contributed by atoms with Gasteiger partial charge in [0, 0.05) is 23.2 Å². The molecule has 6 heteroatoms. The largest absolute Gasteiger partial charge is 0.339 e. The molecule has 2 heterocycles. The number of benzene rings is 1. The van der Waals surface area contributed by atoms with Gasteiger partial charge in [-0.15, -0.1) is 5.10 Å². The Labute approximate surface area is 139 Å². The Morgan fingerprint density at radius 3 is 2.64 bits per heavy atom. The summed E-state index contributed by atoms with van der Waals surface area (Å²) in [5, 5.41) is 11.6. The van der Waals surface area contributed by atoms with Gasteiger partial charge in [0.05, 0.1) is 6.20 Å². The molecule has 0 bridgehead atoms. The Balaban J connectivity index is 1.76. The Kier molecular flexibility index (Phi) is 4.87. The number of rotatable bonds is 3. The van der Waals surface area contributed by atoms with Gasteiger partial charge in [-0.3, -0.25) is 0 Å². The summed E-state index contributed by atoms with van der Waals surface area (Å²) in [6.45, 7) is 4.10. The molecule has 1 saturated heterocycles. The molecule has 0 aliphatic carbocycles. The van der Waals surface area contributed by atoms with Gasteiger partial charge < -0.3 is 10.2 Å². The molecule has 3 rings (SSSR count). The van der Waals surface area contributed by atoms with Crippen molar-refractivity contribution in [1.29, 1.82) is 0 Å². The van der Waals surface area contributed by atoms with Crippen LogP contribution in [0, 0.1) is 6.92 Å². The normalized spacial score (nSPS) is 15.5. The molecular formula is C16H20BrN5. The minimum absolute atomic E-state index is 0.720. The van der Waals surface area contributed by atoms with Gasteiger partial charge in [-0.25, -0.2) is 0 Å². The van der Waals surface area contributed by atoms with E-state index in [1.807, 2.05) is 12.1 Å². The number of hydrogen-bond acceptors (Lipinski definition) is 5. The molecule has 5 nitrogen and oxygen atoms in total. The second kappa shape index (κ2) is 7.05. The number of nitrogens with one attached hydrogen (secondary N) is 1. The van der Waals surface area contributed by atoms with E-state index in [0.717, 1.165) is 35.0 Å². The lowest BCUT2D eigenvalue weighted by atomic mass is 10.2. The molecule has 0 atom stereocenters. The molecule has 0 radical (unpaired) electrons. The Morgan fingerprint density at radius 1 is 1.14 bits per heavy atom. The van der Waals surface area contributed by atoms with Gasteiger partial charge in [0.1, 0.15) is 0 Å². The molecule has 1 fully saturated rings. The number of halogens is 1. The zero-order chi connectivity index (χ0) is 15.4. The summed E-state index contributed by atoms with van der Waals surface area (Å²) in [4.78, 5) is 6.84. The first-order chi connectivity index (χ1) is 10.7. The SMILES string of the molecule is Cc1ccc(Nc2cnnc(N3CCCCCC3)n2)cc1Br. The Hall–Kier alpha value is -1.69. The fraction of sp³-hybridized carbons (Fsp3) is 0.438. The minimum atomic E-state index is 0.720. The number of nitrogens with zero attached hydrogens (tertiary/aromatic N) is 4. The molecular weight excluding hydrogens is 342 g/mol. The highest BCUT2D eigenvalue weighted by atomic mass is 79.9. The molecule has 1 aromatic carbocycles. The number of aryl methyl sites for hydroxylation is 1. The third-order valence-electron chi connectivity index (χ3n) is 3.88. The van der Waals surface area contributed by atoms with Crippen molar-refractivity contribution < 1.29 is 0 Å². The van der Waals surface area contributed by atoms with Crippen LogP contribution in [0.15, 0.2) is 28.9 Å². The molecule has 1 aliphatic rings. The molecule has 116 valence electrons. The molecule has 2 aromatic rings. The summed E-state index contributed by atoms with van der Waals surface area (Å²) < 4.78 is 1.08. The fourth-order valence-corrected chi connectivity index (χ4v) is 2.96. The van der Waals surface area contributed by atoms with Crippen molar-refractivity contribution in [1.82, 2.24) is 15.2 Å². The maximum Gasteiger partial charge on any atom is 0.247 e. The van der Waals surface area contributed by atoms with Crippen LogP contribution >= 0.6 is 15.9 Å². The van der Waals surface area contributed by atoms with Gasteiger partial charge in [-0.1, -0.05) is 34.8 Å². The van der Waals surface area contributed by atoms with E-state index in [1.54, 1.807) is 6.20 Å². The topological polar surface area (TPSA) is 53.9 Å². The van der Waals surface area contributed by atoms with E-state index in [2.05, 4.69) is 54.3 Å². The lowest BCUT2D eigenvalue weighted by molar-refractivity contribution is 0.726. The number of aromatic nitrogens is 3. The standard InChI is InChI=1S/C16H20BrN5/c1-12-6-7-13(10-14(12)17)19-15-11-18-21-16(20-15)22-8-4-2-3-5-9-22/h6-7,10-11H,2-5,8-9H2,1H3,(H,19,20,21). The summed E-state index contributed by atoms with van der Waals surface area (Å²) in [7, 11) is 0. The van der Waals surface area contributed by atoms with Crippen molar-refractivity contribution in [2.24, 2.45) is 0 Å². The van der Waals surface area contributed by atoms with Crippen LogP contribution in [-0.4, -0.2) is 28.3 Å². The first kappa shape index (κ1) is 15.2. The first-order valence-electron chi connectivity index (χ1n) is 7.70. The van der Waals surface area contributed by atoms with Gasteiger partial charge >= 0.3 is 0 Å². The summed E-state index contributed by atoms with van der Waals surface area (Å²) in [5.41, 5.74) is 2.19. The summed E-state index contributed by atoms with van der Waals surface area (Å²) >= 11 is 3.55. The highest BCUT2D eigenvalue weighted by Gasteiger charge is 2.13. The van der Waals surface area contributed by atoms with E-state index >= 15 is 0 Å². The molecule has 1 aliphatic heterocycles. The smallest absolute Gasteiger partial charge is 0.247 e. The van der Waals surface area contributed by atoms with Gasteiger partial charge in [0.25, 0.3) is 0 Å². The maximum atomic E-state index is 4.61. The molecule has 0 amide bonds. The van der Waals surface area contributed by atoms with Crippen LogP contribution in [0.2, 0.25) is 0 Å². The van der Waals surface area contributed by atoms with Crippen molar-refractivity contribution in [2.45, 2.75) is 32.6 Å². The van der Waals surface area contributed by atoms with Crippen LogP contribution < -0.4 is 10.2 Å². The summed E-state index contributed by atoms with van der Waals surface area (Å²) in [6.07, 6.45) is 6.64. The van der Waals surface area contributed by atoms with Crippen molar-refractivity contribution in [3.05, 3.63) is 34.4 Å². The van der Waals surface area contributed by atoms with Gasteiger partial charge in [0.15, 0.2) is 5.82 Å². The summed E-state index contributed by atoms with van der Waals surface area (Å²) in [6, 6.07) is 6.15. The maximum absolute atomic E-state index is 4.61. The second-order valence-corrected chi connectivity index (χ2v) is 6.49. The van der Waals surface area contributed by atoms with Crippen molar-refractivity contribution in [3.63, 3.8) is 0 Å². The Bertz CT molecular complexity index is 638. The highest BCUT2D eigenvalue weighted by Crippen LogP contribution is 2.23. The highest BCUT2D eigenvalue weighted by molar-refractivity contribution is 9.10. The minimum Gasteiger partial charge on any atom is -0.339 e. The number of hydrogen-bond donors (Lipinski definition) is 1. The van der Waals surface area contributed by atoms with E-state index in [-0.39, 0.29) is 0 Å². The van der Waals surface area contributed by atoms with Crippen molar-refractivity contribution >= 4 is 33.4 Å². The number of anilines is 3. The molecule has 0 spiro atoms. The molecule has 1 aromatic heterocycles. The molecule has 1 N–H and O–H groups in total. The van der Waals surface area contributed by atoms with Crippen LogP contribution in [0.3, 0.4) is 0 Å². The molecule has 0 unspecified atom stereocenters. The van der Waals surface area contributed by atoms with E-state index in [9.17, 15) is 0 Å². The lowest BCUT2D eigenvalue weighted by Crippen LogP contribution is -2.26. The summed E-state index contributed by atoms with van der Waals surface area (Å²) in [5.74, 6) is 1.45. The zero-order valence-electron chi connectivity index (χ0n) is 12.7. The monoisotopic (exact) mass is 361 g/mol. The van der Waals surface area contributed by atoms with E-state index in [0.29, 0.717) is 0 Å². The van der Waals surface area contributed by atoms with E-state index in [4.69, 9.17) is 0 Å². The fourth-order valence-electron chi connectivity index (χ4n) is 2.58. The third kappa shape index (κ3) is 3.74. The molecule has 22 heavy (non-hydrogen) atoms. The van der Waals surface area contributed by atoms with Crippen molar-refractivity contribution in [3.8, 4) is 0 Å². The van der Waals surface area contributed by atoms with Crippen LogP contribution in [0.5, 0.6) is 0 Å². The van der Waals surface area contributed by atoms with Crippen LogP contribution in [0.25, 0.3) is 0 Å². The average Bonchev–Trinajstić information content (AvgIpc) is 2.80. The van der Waals surface area contributed by atoms with Gasteiger partial charge in [-0.2, -0.15) is 10.1 Å². The molecule has 0 saturated carbocycles.